The van der Waals surface area contributed by atoms with Crippen molar-refractivity contribution < 1.29 is 9.59 Å². The molecule has 1 aliphatic heterocycles. The third-order valence-electron chi connectivity index (χ3n) is 3.65. The predicted molar refractivity (Wildman–Crippen MR) is 81.0 cm³/mol. The van der Waals surface area contributed by atoms with Gasteiger partial charge in [-0.1, -0.05) is 18.2 Å². The van der Waals surface area contributed by atoms with Crippen molar-refractivity contribution in [3.05, 3.63) is 29.8 Å². The lowest BCUT2D eigenvalue weighted by atomic mass is 9.89. The molecule has 0 aliphatic carbocycles. The lowest BCUT2D eigenvalue weighted by Crippen LogP contribution is -2.43. The average molecular weight is 298 g/mol. The summed E-state index contributed by atoms with van der Waals surface area (Å²) in [7, 11) is 1.73. The van der Waals surface area contributed by atoms with E-state index in [2.05, 4.69) is 5.32 Å². The van der Waals surface area contributed by atoms with Crippen molar-refractivity contribution in [2.24, 2.45) is 5.73 Å². The van der Waals surface area contributed by atoms with Gasteiger partial charge in [0.25, 0.3) is 0 Å². The van der Waals surface area contributed by atoms with Gasteiger partial charge in [-0.15, -0.1) is 12.4 Å². The highest BCUT2D eigenvalue weighted by molar-refractivity contribution is 6.01. The van der Waals surface area contributed by atoms with Crippen molar-refractivity contribution in [2.45, 2.75) is 25.3 Å². The second-order valence-electron chi connectivity index (χ2n) is 4.93. The average Bonchev–Trinajstić information content (AvgIpc) is 2.43. The largest absolute Gasteiger partial charge is 0.341 e. The Morgan fingerprint density at radius 3 is 2.80 bits per heavy atom. The predicted octanol–water partition coefficient (Wildman–Crippen LogP) is 1.34. The second kappa shape index (κ2) is 6.72. The van der Waals surface area contributed by atoms with Crippen LogP contribution in [0.25, 0.3) is 0 Å². The van der Waals surface area contributed by atoms with E-state index in [9.17, 15) is 9.59 Å². The minimum atomic E-state index is -0.413. The Balaban J connectivity index is 0.00000200. The molecule has 2 amide bonds. The SMILES string of the molecule is CC(CN)N(C)C(=O)C1CC(=O)Nc2ccccc21.Cl. The molecule has 1 aromatic carbocycles. The molecule has 2 rings (SSSR count). The van der Waals surface area contributed by atoms with Crippen LogP contribution in [0.5, 0.6) is 0 Å². The van der Waals surface area contributed by atoms with Gasteiger partial charge in [0.2, 0.25) is 11.8 Å². The van der Waals surface area contributed by atoms with Gasteiger partial charge >= 0.3 is 0 Å². The Morgan fingerprint density at radius 1 is 1.50 bits per heavy atom. The zero-order chi connectivity index (χ0) is 14.0. The molecule has 0 spiro atoms. The van der Waals surface area contributed by atoms with Crippen LogP contribution < -0.4 is 11.1 Å². The molecule has 6 heteroatoms. The summed E-state index contributed by atoms with van der Waals surface area (Å²) in [6.45, 7) is 2.30. The first kappa shape index (κ1) is 16.5. The number of nitrogens with one attached hydrogen (secondary N) is 1. The van der Waals surface area contributed by atoms with E-state index in [1.54, 1.807) is 11.9 Å². The number of likely N-dealkylation sites (N-methyl/N-ethyl adjacent to an activating group) is 1. The Bertz CT molecular complexity index is 507. The summed E-state index contributed by atoms with van der Waals surface area (Å²) in [5.41, 5.74) is 7.19. The molecule has 0 radical (unpaired) electrons. The van der Waals surface area contributed by atoms with Gasteiger partial charge in [-0.2, -0.15) is 0 Å². The molecule has 2 unspecified atom stereocenters. The summed E-state index contributed by atoms with van der Waals surface area (Å²) >= 11 is 0. The lowest BCUT2D eigenvalue weighted by molar-refractivity contribution is -0.135. The molecule has 1 aliphatic rings. The molecule has 3 N–H and O–H groups in total. The quantitative estimate of drug-likeness (QED) is 0.884. The number of halogens is 1. The number of anilines is 1. The normalized spacial score (nSPS) is 18.4. The molecule has 1 heterocycles. The minimum Gasteiger partial charge on any atom is -0.341 e. The van der Waals surface area contributed by atoms with Gasteiger partial charge in [0.1, 0.15) is 0 Å². The highest BCUT2D eigenvalue weighted by atomic mass is 35.5. The molecule has 2 atom stereocenters. The van der Waals surface area contributed by atoms with E-state index in [4.69, 9.17) is 5.73 Å². The van der Waals surface area contributed by atoms with Gasteiger partial charge in [0.15, 0.2) is 0 Å². The summed E-state index contributed by atoms with van der Waals surface area (Å²) in [6, 6.07) is 7.39. The maximum atomic E-state index is 12.5. The van der Waals surface area contributed by atoms with Crippen molar-refractivity contribution >= 4 is 29.9 Å². The van der Waals surface area contributed by atoms with E-state index in [1.807, 2.05) is 31.2 Å². The number of hydrogen-bond acceptors (Lipinski definition) is 3. The highest BCUT2D eigenvalue weighted by Crippen LogP contribution is 2.33. The molecule has 110 valence electrons. The summed E-state index contributed by atoms with van der Waals surface area (Å²) in [4.78, 5) is 25.8. The second-order valence-corrected chi connectivity index (χ2v) is 4.93. The van der Waals surface area contributed by atoms with Crippen molar-refractivity contribution in [3.63, 3.8) is 0 Å². The first-order valence-corrected chi connectivity index (χ1v) is 6.40. The molecule has 1 aromatic rings. The zero-order valence-electron chi connectivity index (χ0n) is 11.6. The van der Waals surface area contributed by atoms with Gasteiger partial charge in [-0.3, -0.25) is 9.59 Å². The van der Waals surface area contributed by atoms with E-state index < -0.39 is 5.92 Å². The van der Waals surface area contributed by atoms with Crippen LogP contribution >= 0.6 is 12.4 Å². The van der Waals surface area contributed by atoms with Crippen LogP contribution in [0.1, 0.15) is 24.8 Å². The van der Waals surface area contributed by atoms with Crippen LogP contribution in [0.15, 0.2) is 24.3 Å². The van der Waals surface area contributed by atoms with Crippen molar-refractivity contribution in [1.82, 2.24) is 4.90 Å². The number of amides is 2. The van der Waals surface area contributed by atoms with E-state index >= 15 is 0 Å². The van der Waals surface area contributed by atoms with E-state index in [0.717, 1.165) is 11.3 Å². The Labute approximate surface area is 124 Å². The number of para-hydroxylation sites is 1. The Morgan fingerprint density at radius 2 is 2.15 bits per heavy atom. The minimum absolute atomic E-state index is 0. The number of nitrogens with zero attached hydrogens (tertiary/aromatic N) is 1. The number of benzene rings is 1. The van der Waals surface area contributed by atoms with Gasteiger partial charge in [0.05, 0.1) is 5.92 Å². The van der Waals surface area contributed by atoms with Crippen LogP contribution in [0.3, 0.4) is 0 Å². The molecule has 0 saturated carbocycles. The van der Waals surface area contributed by atoms with Crippen LogP contribution in [-0.2, 0) is 9.59 Å². The molecule has 0 saturated heterocycles. The third kappa shape index (κ3) is 3.11. The van der Waals surface area contributed by atoms with Gasteiger partial charge in [0, 0.05) is 31.7 Å². The van der Waals surface area contributed by atoms with Crippen molar-refractivity contribution in [1.29, 1.82) is 0 Å². The number of rotatable bonds is 3. The van der Waals surface area contributed by atoms with Crippen LogP contribution in [0.2, 0.25) is 0 Å². The third-order valence-corrected chi connectivity index (χ3v) is 3.65. The maximum Gasteiger partial charge on any atom is 0.230 e. The van der Waals surface area contributed by atoms with Crippen molar-refractivity contribution in [2.75, 3.05) is 18.9 Å². The molecule has 0 bridgehead atoms. The number of hydrogen-bond donors (Lipinski definition) is 2. The number of nitrogens with two attached hydrogens (primary N) is 1. The molecular weight excluding hydrogens is 278 g/mol. The first-order valence-electron chi connectivity index (χ1n) is 6.40. The Kier molecular flexibility index (Phi) is 5.53. The molecule has 5 nitrogen and oxygen atoms in total. The fourth-order valence-corrected chi connectivity index (χ4v) is 2.25. The highest BCUT2D eigenvalue weighted by Gasteiger charge is 2.33. The molecule has 0 aromatic heterocycles. The van der Waals surface area contributed by atoms with E-state index in [-0.39, 0.29) is 36.7 Å². The van der Waals surface area contributed by atoms with Crippen LogP contribution in [0, 0.1) is 0 Å². The summed E-state index contributed by atoms with van der Waals surface area (Å²) in [5.74, 6) is -0.588. The number of fused-ring (bicyclic) bond motifs is 1. The van der Waals surface area contributed by atoms with E-state index in [1.165, 1.54) is 0 Å². The van der Waals surface area contributed by atoms with Crippen molar-refractivity contribution in [3.8, 4) is 0 Å². The van der Waals surface area contributed by atoms with Crippen LogP contribution in [-0.4, -0.2) is 36.3 Å². The number of carbonyl (C=O) groups is 2. The smallest absolute Gasteiger partial charge is 0.230 e. The number of carbonyl (C=O) groups excluding carboxylic acids is 2. The monoisotopic (exact) mass is 297 g/mol. The molecular formula is C14H20ClN3O2. The topological polar surface area (TPSA) is 75.4 Å². The molecule has 0 fully saturated rings. The maximum absolute atomic E-state index is 12.5. The summed E-state index contributed by atoms with van der Waals surface area (Å²) < 4.78 is 0. The van der Waals surface area contributed by atoms with Crippen LogP contribution in [0.4, 0.5) is 5.69 Å². The standard InChI is InChI=1S/C14H19N3O2.ClH/c1-9(8-15)17(2)14(19)11-7-13(18)16-12-6-4-3-5-10(11)12;/h3-6,9,11H,7-8,15H2,1-2H3,(H,16,18);1H. The zero-order valence-corrected chi connectivity index (χ0v) is 12.4. The van der Waals surface area contributed by atoms with E-state index in [0.29, 0.717) is 6.54 Å². The lowest BCUT2D eigenvalue weighted by Gasteiger charge is -2.31. The fraction of sp³-hybridized carbons (Fsp3) is 0.429. The van der Waals surface area contributed by atoms with Gasteiger partial charge in [-0.25, -0.2) is 0 Å². The summed E-state index contributed by atoms with van der Waals surface area (Å²) in [6.07, 6.45) is 0.192. The Hall–Kier alpha value is -1.59. The molecule has 20 heavy (non-hydrogen) atoms. The van der Waals surface area contributed by atoms with Gasteiger partial charge < -0.3 is 16.0 Å². The first-order chi connectivity index (χ1) is 9.04. The fourth-order valence-electron chi connectivity index (χ4n) is 2.25. The summed E-state index contributed by atoms with van der Waals surface area (Å²) in [5, 5.41) is 2.79. The van der Waals surface area contributed by atoms with Gasteiger partial charge in [-0.05, 0) is 18.6 Å².